The number of rotatable bonds is 7. The van der Waals surface area contributed by atoms with Crippen LogP contribution in [-0.4, -0.2) is 17.5 Å². The topological polar surface area (TPSA) is 72.6 Å². The molecule has 35 heavy (non-hydrogen) atoms. The van der Waals surface area contributed by atoms with E-state index in [1.807, 2.05) is 24.3 Å². The summed E-state index contributed by atoms with van der Waals surface area (Å²) in [6.45, 7) is 2.72. The van der Waals surface area contributed by atoms with Crippen molar-refractivity contribution in [3.63, 3.8) is 0 Å². The van der Waals surface area contributed by atoms with Crippen molar-refractivity contribution in [1.29, 1.82) is 0 Å². The highest BCUT2D eigenvalue weighted by Gasteiger charge is 2.44. The van der Waals surface area contributed by atoms with Gasteiger partial charge in [0.1, 0.15) is 17.2 Å². The van der Waals surface area contributed by atoms with Gasteiger partial charge in [-0.3, -0.25) is 14.5 Å². The summed E-state index contributed by atoms with van der Waals surface area (Å²) in [7, 11) is 0. The molecule has 0 saturated carbocycles. The number of nitrogens with zero attached hydrogens (tertiary/aromatic N) is 2. The molecule has 0 spiro atoms. The summed E-state index contributed by atoms with van der Waals surface area (Å²) in [6.07, 6.45) is 4.59. The number of unbranched alkanes of at least 4 members (excludes halogenated alkanes) is 2. The van der Waals surface area contributed by atoms with Crippen molar-refractivity contribution in [2.24, 2.45) is 0 Å². The van der Waals surface area contributed by atoms with Crippen LogP contribution in [0.2, 0.25) is 10.0 Å². The molecule has 0 fully saturated rings. The summed E-state index contributed by atoms with van der Waals surface area (Å²) in [5.41, 5.74) is 0.928. The normalized spacial score (nSPS) is 15.0. The summed E-state index contributed by atoms with van der Waals surface area (Å²) in [6, 6.07) is 14.7. The maximum Gasteiger partial charge on any atom is 0.296 e. The fourth-order valence-electron chi connectivity index (χ4n) is 4.32. The van der Waals surface area contributed by atoms with Crippen LogP contribution in [-0.2, 0) is 0 Å². The maximum atomic E-state index is 13.7. The number of benzene rings is 2. The average Bonchev–Trinajstić information content (AvgIpc) is 3.15. The van der Waals surface area contributed by atoms with Gasteiger partial charge in [-0.25, -0.2) is 4.98 Å². The first-order chi connectivity index (χ1) is 17.0. The van der Waals surface area contributed by atoms with E-state index in [4.69, 9.17) is 32.4 Å². The van der Waals surface area contributed by atoms with Crippen molar-refractivity contribution >= 4 is 45.9 Å². The molecule has 2 aromatic carbocycles. The molecule has 0 bridgehead atoms. The van der Waals surface area contributed by atoms with Gasteiger partial charge in [0.05, 0.1) is 28.6 Å². The summed E-state index contributed by atoms with van der Waals surface area (Å²) < 4.78 is 11.9. The molecule has 3 heterocycles. The number of halogens is 2. The number of carbonyl (C=O) groups excluding carboxylic acids is 1. The number of aromatic nitrogens is 1. The van der Waals surface area contributed by atoms with Crippen molar-refractivity contribution in [3.05, 3.63) is 97.9 Å². The second-order valence-corrected chi connectivity index (χ2v) is 9.23. The minimum atomic E-state index is -0.759. The van der Waals surface area contributed by atoms with Crippen molar-refractivity contribution in [2.45, 2.75) is 32.2 Å². The molecule has 1 amide bonds. The van der Waals surface area contributed by atoms with Gasteiger partial charge in [-0.2, -0.15) is 0 Å². The second kappa shape index (κ2) is 9.72. The first kappa shape index (κ1) is 23.4. The van der Waals surface area contributed by atoms with Crippen LogP contribution in [0.1, 0.15) is 53.9 Å². The van der Waals surface area contributed by atoms with E-state index in [2.05, 4.69) is 11.9 Å². The molecule has 0 aliphatic carbocycles. The number of hydrogen-bond acceptors (Lipinski definition) is 5. The Morgan fingerprint density at radius 3 is 2.63 bits per heavy atom. The lowest BCUT2D eigenvalue weighted by Gasteiger charge is -2.24. The molecule has 2 aromatic heterocycles. The molecular formula is C27H22Cl2N2O4. The Hall–Kier alpha value is -3.35. The largest absolute Gasteiger partial charge is 0.494 e. The number of anilines is 1. The van der Waals surface area contributed by atoms with E-state index in [0.717, 1.165) is 19.3 Å². The SMILES string of the molecule is CCCCCOc1cccc(C2c3c(oc4ccc(Cl)cc4c3=O)C(=O)N2c2ccc(Cl)cn2)c1. The highest BCUT2D eigenvalue weighted by Crippen LogP contribution is 2.41. The fourth-order valence-corrected chi connectivity index (χ4v) is 4.61. The lowest BCUT2D eigenvalue weighted by molar-refractivity contribution is 0.0970. The monoisotopic (exact) mass is 508 g/mol. The number of hydrogen-bond donors (Lipinski definition) is 0. The first-order valence-electron chi connectivity index (χ1n) is 11.4. The standard InChI is InChI=1S/C27H22Cl2N2O4/c1-2-3-4-12-34-19-7-5-6-16(13-19)24-23-25(32)20-14-17(28)8-10-21(20)35-26(23)27(33)31(24)22-11-9-18(29)15-30-22/h5-11,13-15,24H,2-4,12H2,1H3. The minimum absolute atomic E-state index is 0.0131. The molecular weight excluding hydrogens is 487 g/mol. The van der Waals surface area contributed by atoms with E-state index in [1.165, 1.54) is 11.1 Å². The zero-order valence-corrected chi connectivity index (χ0v) is 20.5. The molecule has 1 unspecified atom stereocenters. The van der Waals surface area contributed by atoms with E-state index in [1.54, 1.807) is 30.3 Å². The van der Waals surface area contributed by atoms with Crippen LogP contribution >= 0.6 is 23.2 Å². The van der Waals surface area contributed by atoms with E-state index in [9.17, 15) is 9.59 Å². The Labute approximate surface area is 212 Å². The van der Waals surface area contributed by atoms with Gasteiger partial charge in [0.2, 0.25) is 5.76 Å². The molecule has 0 saturated heterocycles. The molecule has 1 aliphatic rings. The number of carbonyl (C=O) groups is 1. The predicted molar refractivity (Wildman–Crippen MR) is 137 cm³/mol. The lowest BCUT2D eigenvalue weighted by atomic mass is 9.98. The Morgan fingerprint density at radius 2 is 1.86 bits per heavy atom. The minimum Gasteiger partial charge on any atom is -0.494 e. The van der Waals surface area contributed by atoms with Crippen LogP contribution in [0.4, 0.5) is 5.82 Å². The van der Waals surface area contributed by atoms with Crippen LogP contribution in [0, 0.1) is 0 Å². The third-order valence-corrected chi connectivity index (χ3v) is 6.44. The molecule has 178 valence electrons. The number of pyridine rings is 1. The Balaban J connectivity index is 1.67. The molecule has 8 heteroatoms. The van der Waals surface area contributed by atoms with Gasteiger partial charge in [0, 0.05) is 11.2 Å². The predicted octanol–water partition coefficient (Wildman–Crippen LogP) is 6.81. The van der Waals surface area contributed by atoms with Gasteiger partial charge in [0.25, 0.3) is 5.91 Å². The van der Waals surface area contributed by atoms with Crippen molar-refractivity contribution in [1.82, 2.24) is 4.98 Å². The fraction of sp³-hybridized carbons (Fsp3) is 0.222. The molecule has 1 aliphatic heterocycles. The number of fused-ring (bicyclic) bond motifs is 2. The Morgan fingerprint density at radius 1 is 1.03 bits per heavy atom. The van der Waals surface area contributed by atoms with Crippen LogP contribution in [0.15, 0.2) is 70.0 Å². The van der Waals surface area contributed by atoms with Gasteiger partial charge in [-0.05, 0) is 54.4 Å². The summed E-state index contributed by atoms with van der Waals surface area (Å²) in [5, 5.41) is 1.16. The van der Waals surface area contributed by atoms with Gasteiger partial charge in [0.15, 0.2) is 5.43 Å². The lowest BCUT2D eigenvalue weighted by Crippen LogP contribution is -2.30. The van der Waals surface area contributed by atoms with Crippen LogP contribution in [0.3, 0.4) is 0 Å². The highest BCUT2D eigenvalue weighted by molar-refractivity contribution is 6.31. The van der Waals surface area contributed by atoms with Crippen molar-refractivity contribution < 1.29 is 13.9 Å². The van der Waals surface area contributed by atoms with Crippen LogP contribution in [0.5, 0.6) is 5.75 Å². The zero-order chi connectivity index (χ0) is 24.5. The van der Waals surface area contributed by atoms with E-state index in [0.29, 0.717) is 44.8 Å². The van der Waals surface area contributed by atoms with Crippen LogP contribution < -0.4 is 15.1 Å². The number of ether oxygens (including phenoxy) is 1. The van der Waals surface area contributed by atoms with E-state index >= 15 is 0 Å². The smallest absolute Gasteiger partial charge is 0.296 e. The van der Waals surface area contributed by atoms with E-state index in [-0.39, 0.29) is 16.8 Å². The van der Waals surface area contributed by atoms with Crippen molar-refractivity contribution in [3.8, 4) is 5.75 Å². The molecule has 1 atom stereocenters. The molecule has 0 radical (unpaired) electrons. The van der Waals surface area contributed by atoms with E-state index < -0.39 is 11.9 Å². The zero-order valence-electron chi connectivity index (χ0n) is 19.0. The molecule has 6 nitrogen and oxygen atoms in total. The van der Waals surface area contributed by atoms with Crippen molar-refractivity contribution in [2.75, 3.05) is 11.5 Å². The highest BCUT2D eigenvalue weighted by atomic mass is 35.5. The first-order valence-corrected chi connectivity index (χ1v) is 12.2. The summed E-state index contributed by atoms with van der Waals surface area (Å²) in [5.74, 6) is 0.548. The number of amides is 1. The van der Waals surface area contributed by atoms with Gasteiger partial charge < -0.3 is 9.15 Å². The van der Waals surface area contributed by atoms with Gasteiger partial charge >= 0.3 is 0 Å². The summed E-state index contributed by atoms with van der Waals surface area (Å²) >= 11 is 12.2. The molecule has 0 N–H and O–H groups in total. The van der Waals surface area contributed by atoms with Crippen LogP contribution in [0.25, 0.3) is 11.0 Å². The third kappa shape index (κ3) is 4.40. The quantitative estimate of drug-likeness (QED) is 0.256. The Bertz CT molecular complexity index is 1470. The Kier molecular flexibility index (Phi) is 6.50. The summed E-state index contributed by atoms with van der Waals surface area (Å²) in [4.78, 5) is 33.1. The maximum absolute atomic E-state index is 13.7. The van der Waals surface area contributed by atoms with Gasteiger partial charge in [-0.15, -0.1) is 0 Å². The molecule has 4 aromatic rings. The third-order valence-electron chi connectivity index (χ3n) is 5.98. The average molecular weight is 509 g/mol. The van der Waals surface area contributed by atoms with Gasteiger partial charge in [-0.1, -0.05) is 55.1 Å². The second-order valence-electron chi connectivity index (χ2n) is 8.35. The molecule has 5 rings (SSSR count).